The van der Waals surface area contributed by atoms with Gasteiger partial charge in [-0.1, -0.05) is 6.92 Å². The number of carbonyl (C=O) groups is 1. The van der Waals surface area contributed by atoms with Gasteiger partial charge in [-0.25, -0.2) is 4.79 Å². The number of nitrogens with zero attached hydrogens (tertiary/aromatic N) is 1. The summed E-state index contributed by atoms with van der Waals surface area (Å²) in [6.45, 7) is 4.52. The van der Waals surface area contributed by atoms with Crippen LogP contribution >= 0.6 is 0 Å². The van der Waals surface area contributed by atoms with Crippen molar-refractivity contribution < 1.29 is 14.3 Å². The van der Waals surface area contributed by atoms with Crippen LogP contribution in [-0.2, 0) is 6.54 Å². The zero-order chi connectivity index (χ0) is 11.7. The number of hydrogen-bond acceptors (Lipinski definition) is 4. The van der Waals surface area contributed by atoms with Crippen LogP contribution in [0.15, 0.2) is 16.5 Å². The summed E-state index contributed by atoms with van der Waals surface area (Å²) in [4.78, 5) is 12.8. The molecule has 0 radical (unpaired) electrons. The van der Waals surface area contributed by atoms with Gasteiger partial charge in [0.05, 0.1) is 6.54 Å². The maximum absolute atomic E-state index is 10.6. The average molecular weight is 224 g/mol. The van der Waals surface area contributed by atoms with Crippen molar-refractivity contribution in [2.24, 2.45) is 11.7 Å². The lowest BCUT2D eigenvalue weighted by molar-refractivity contribution is 0.0658. The summed E-state index contributed by atoms with van der Waals surface area (Å²) in [6.07, 6.45) is 0. The van der Waals surface area contributed by atoms with Crippen LogP contribution in [0.5, 0.6) is 0 Å². The summed E-state index contributed by atoms with van der Waals surface area (Å²) in [5.74, 6) is 0.122. The van der Waals surface area contributed by atoms with Crippen LogP contribution in [0.3, 0.4) is 0 Å². The Morgan fingerprint density at radius 3 is 2.88 bits per heavy atom. The Hall–Kier alpha value is -1.33. The number of nitrogens with two attached hydrogens (primary N) is 1. The Morgan fingerprint density at radius 1 is 1.62 bits per heavy atom. The third-order valence-corrected chi connectivity index (χ3v) is 3.00. The lowest BCUT2D eigenvalue weighted by Crippen LogP contribution is -2.28. The molecule has 3 N–H and O–H groups in total. The molecule has 0 amide bonds. The lowest BCUT2D eigenvalue weighted by Gasteiger charge is -2.12. The van der Waals surface area contributed by atoms with Gasteiger partial charge in [0.1, 0.15) is 5.76 Å². The van der Waals surface area contributed by atoms with Gasteiger partial charge in [-0.3, -0.25) is 4.90 Å². The predicted octanol–water partition coefficient (Wildman–Crippen LogP) is 0.757. The van der Waals surface area contributed by atoms with E-state index >= 15 is 0 Å². The highest BCUT2D eigenvalue weighted by molar-refractivity contribution is 5.84. The van der Waals surface area contributed by atoms with E-state index in [1.807, 2.05) is 0 Å². The second kappa shape index (κ2) is 4.27. The minimum absolute atomic E-state index is 0.00783. The fraction of sp³-hybridized carbons (Fsp3) is 0.545. The van der Waals surface area contributed by atoms with E-state index in [-0.39, 0.29) is 11.8 Å². The highest BCUT2D eigenvalue weighted by Crippen LogP contribution is 2.18. The monoisotopic (exact) mass is 224 g/mol. The first-order valence-electron chi connectivity index (χ1n) is 5.36. The summed E-state index contributed by atoms with van der Waals surface area (Å²) >= 11 is 0. The summed E-state index contributed by atoms with van der Waals surface area (Å²) < 4.78 is 5.20. The van der Waals surface area contributed by atoms with Crippen molar-refractivity contribution in [3.8, 4) is 0 Å². The molecular formula is C11H16N2O3. The summed E-state index contributed by atoms with van der Waals surface area (Å²) in [5, 5.41) is 8.72. The van der Waals surface area contributed by atoms with E-state index in [1.165, 1.54) is 6.07 Å². The van der Waals surface area contributed by atoms with Gasteiger partial charge in [0.25, 0.3) is 0 Å². The molecule has 1 aliphatic heterocycles. The molecule has 16 heavy (non-hydrogen) atoms. The van der Waals surface area contributed by atoms with Crippen LogP contribution in [-0.4, -0.2) is 35.1 Å². The molecule has 2 heterocycles. The molecule has 0 aliphatic carbocycles. The maximum atomic E-state index is 10.6. The quantitative estimate of drug-likeness (QED) is 0.792. The number of aromatic carboxylic acids is 1. The average Bonchev–Trinajstić information content (AvgIpc) is 2.76. The Balaban J connectivity index is 1.97. The zero-order valence-electron chi connectivity index (χ0n) is 9.22. The van der Waals surface area contributed by atoms with Crippen LogP contribution in [0, 0.1) is 5.92 Å². The maximum Gasteiger partial charge on any atom is 0.371 e. The molecule has 0 saturated carbocycles. The second-order valence-electron chi connectivity index (χ2n) is 4.41. The van der Waals surface area contributed by atoms with Crippen LogP contribution in [0.2, 0.25) is 0 Å². The molecule has 5 heteroatoms. The van der Waals surface area contributed by atoms with E-state index < -0.39 is 5.97 Å². The first kappa shape index (κ1) is 11.2. The Kier molecular flexibility index (Phi) is 2.98. The molecule has 1 aromatic heterocycles. The summed E-state index contributed by atoms with van der Waals surface area (Å²) in [7, 11) is 0. The molecule has 2 rings (SSSR count). The molecule has 5 nitrogen and oxygen atoms in total. The van der Waals surface area contributed by atoms with Gasteiger partial charge in [-0.2, -0.15) is 0 Å². The largest absolute Gasteiger partial charge is 0.475 e. The van der Waals surface area contributed by atoms with Crippen molar-refractivity contribution in [3.63, 3.8) is 0 Å². The third-order valence-electron chi connectivity index (χ3n) is 3.00. The molecule has 0 spiro atoms. The second-order valence-corrected chi connectivity index (χ2v) is 4.41. The summed E-state index contributed by atoms with van der Waals surface area (Å²) in [5.41, 5.74) is 5.91. The first-order valence-corrected chi connectivity index (χ1v) is 5.36. The van der Waals surface area contributed by atoms with Crippen LogP contribution in [0.1, 0.15) is 23.2 Å². The Labute approximate surface area is 93.8 Å². The molecule has 1 aromatic rings. The molecule has 1 aliphatic rings. The van der Waals surface area contributed by atoms with Crippen LogP contribution in [0.25, 0.3) is 0 Å². The fourth-order valence-corrected chi connectivity index (χ4v) is 2.02. The highest BCUT2D eigenvalue weighted by atomic mass is 16.4. The van der Waals surface area contributed by atoms with Crippen molar-refractivity contribution >= 4 is 5.97 Å². The van der Waals surface area contributed by atoms with Crippen molar-refractivity contribution in [1.82, 2.24) is 4.90 Å². The van der Waals surface area contributed by atoms with Gasteiger partial charge in [0, 0.05) is 19.1 Å². The van der Waals surface area contributed by atoms with Gasteiger partial charge in [-0.15, -0.1) is 0 Å². The summed E-state index contributed by atoms with van der Waals surface area (Å²) in [6, 6.07) is 3.39. The number of carboxylic acid groups (broad SMARTS) is 1. The third kappa shape index (κ3) is 2.25. The molecule has 0 aromatic carbocycles. The SMILES string of the molecule is CC1CN(Cc2ccc(C(=O)O)o2)CC1N. The predicted molar refractivity (Wildman–Crippen MR) is 58.1 cm³/mol. The van der Waals surface area contributed by atoms with Crippen LogP contribution < -0.4 is 5.73 Å². The van der Waals surface area contributed by atoms with Gasteiger partial charge in [0.2, 0.25) is 5.76 Å². The van der Waals surface area contributed by atoms with Crippen molar-refractivity contribution in [2.75, 3.05) is 13.1 Å². The Morgan fingerprint density at radius 2 is 2.38 bits per heavy atom. The standard InChI is InChI=1S/C11H16N2O3/c1-7-4-13(6-9(7)12)5-8-2-3-10(16-8)11(14)15/h2-3,7,9H,4-6,12H2,1H3,(H,14,15). The number of rotatable bonds is 3. The highest BCUT2D eigenvalue weighted by Gasteiger charge is 2.27. The minimum Gasteiger partial charge on any atom is -0.475 e. The normalized spacial score (nSPS) is 26.1. The van der Waals surface area contributed by atoms with Crippen molar-refractivity contribution in [1.29, 1.82) is 0 Å². The fourth-order valence-electron chi connectivity index (χ4n) is 2.02. The van der Waals surface area contributed by atoms with Crippen LogP contribution in [0.4, 0.5) is 0 Å². The van der Waals surface area contributed by atoms with Gasteiger partial charge < -0.3 is 15.3 Å². The van der Waals surface area contributed by atoms with E-state index in [0.29, 0.717) is 18.2 Å². The molecule has 2 atom stereocenters. The van der Waals surface area contributed by atoms with E-state index in [1.54, 1.807) is 6.07 Å². The molecule has 1 fully saturated rings. The molecular weight excluding hydrogens is 208 g/mol. The topological polar surface area (TPSA) is 79.7 Å². The van der Waals surface area contributed by atoms with Crippen molar-refractivity contribution in [3.05, 3.63) is 23.7 Å². The molecule has 88 valence electrons. The molecule has 0 bridgehead atoms. The number of furan rings is 1. The smallest absolute Gasteiger partial charge is 0.371 e. The number of likely N-dealkylation sites (tertiary alicyclic amines) is 1. The van der Waals surface area contributed by atoms with Gasteiger partial charge >= 0.3 is 5.97 Å². The molecule has 1 saturated heterocycles. The Bertz CT molecular complexity index is 378. The lowest BCUT2D eigenvalue weighted by atomic mass is 10.1. The van der Waals surface area contributed by atoms with Gasteiger partial charge in [-0.05, 0) is 18.1 Å². The first-order chi connectivity index (χ1) is 7.56. The number of hydrogen-bond donors (Lipinski definition) is 2. The van der Waals surface area contributed by atoms with E-state index in [0.717, 1.165) is 13.1 Å². The minimum atomic E-state index is -1.03. The van der Waals surface area contributed by atoms with Gasteiger partial charge in [0.15, 0.2) is 0 Å². The van der Waals surface area contributed by atoms with E-state index in [9.17, 15) is 4.79 Å². The molecule has 2 unspecified atom stereocenters. The van der Waals surface area contributed by atoms with Crippen molar-refractivity contribution in [2.45, 2.75) is 19.5 Å². The van der Waals surface area contributed by atoms with E-state index in [2.05, 4.69) is 11.8 Å². The number of carboxylic acids is 1. The zero-order valence-corrected chi connectivity index (χ0v) is 9.22. The van der Waals surface area contributed by atoms with E-state index in [4.69, 9.17) is 15.3 Å².